The summed E-state index contributed by atoms with van der Waals surface area (Å²) in [4.78, 5) is 10.2. The van der Waals surface area contributed by atoms with E-state index in [4.69, 9.17) is 4.42 Å². The molecule has 0 spiro atoms. The van der Waals surface area contributed by atoms with Crippen molar-refractivity contribution in [1.29, 1.82) is 0 Å². The molecular weight excluding hydrogens is 256 g/mol. The maximum absolute atomic E-state index is 12.7. The van der Waals surface area contributed by atoms with Crippen LogP contribution in [0.15, 0.2) is 27.4 Å². The van der Waals surface area contributed by atoms with Crippen LogP contribution in [0.3, 0.4) is 0 Å². The Morgan fingerprint density at radius 2 is 2.00 bits per heavy atom. The minimum absolute atomic E-state index is 0.0571. The molecule has 17 heavy (non-hydrogen) atoms. The van der Waals surface area contributed by atoms with Crippen LogP contribution >= 0.6 is 11.5 Å². The van der Waals surface area contributed by atoms with Crippen molar-refractivity contribution in [2.24, 2.45) is 0 Å². The molecule has 0 radical (unpaired) electrons. The van der Waals surface area contributed by atoms with Gasteiger partial charge in [0.2, 0.25) is 5.89 Å². The van der Waals surface area contributed by atoms with Crippen molar-refractivity contribution in [2.75, 3.05) is 0 Å². The van der Waals surface area contributed by atoms with Gasteiger partial charge in [-0.3, -0.25) is 0 Å². The molecule has 88 valence electrons. The SMILES string of the molecule is O=c1oc(-c2ccc3c(c2)OC(F)(F)O3)ns1. The number of nitrogens with zero attached hydrogens (tertiary/aromatic N) is 1. The second-order valence-corrected chi connectivity index (χ2v) is 3.87. The van der Waals surface area contributed by atoms with Gasteiger partial charge >= 0.3 is 11.2 Å². The molecular formula is C9H3F2NO4S. The average molecular weight is 259 g/mol. The van der Waals surface area contributed by atoms with E-state index in [1.807, 2.05) is 0 Å². The summed E-state index contributed by atoms with van der Waals surface area (Å²) < 4.78 is 42.5. The van der Waals surface area contributed by atoms with E-state index in [0.717, 1.165) is 0 Å². The molecule has 0 unspecified atom stereocenters. The van der Waals surface area contributed by atoms with Gasteiger partial charge in [-0.2, -0.15) is 0 Å². The number of alkyl halides is 2. The zero-order chi connectivity index (χ0) is 12.0. The first-order chi connectivity index (χ1) is 8.03. The molecule has 8 heteroatoms. The Balaban J connectivity index is 2.04. The van der Waals surface area contributed by atoms with Crippen LogP contribution in [0.25, 0.3) is 11.5 Å². The zero-order valence-corrected chi connectivity index (χ0v) is 8.79. The lowest BCUT2D eigenvalue weighted by Gasteiger charge is -2.04. The van der Waals surface area contributed by atoms with Crippen LogP contribution < -0.4 is 14.4 Å². The highest BCUT2D eigenvalue weighted by Crippen LogP contribution is 2.42. The monoisotopic (exact) mass is 259 g/mol. The van der Waals surface area contributed by atoms with E-state index in [2.05, 4.69) is 13.8 Å². The maximum atomic E-state index is 12.7. The number of halogens is 2. The van der Waals surface area contributed by atoms with Crippen LogP contribution in [-0.2, 0) is 0 Å². The summed E-state index contributed by atoms with van der Waals surface area (Å²) in [7, 11) is 0. The lowest BCUT2D eigenvalue weighted by atomic mass is 10.2. The van der Waals surface area contributed by atoms with Crippen molar-refractivity contribution in [3.05, 3.63) is 27.9 Å². The Labute approximate surface area is 96.4 Å². The molecule has 2 aromatic rings. The van der Waals surface area contributed by atoms with Crippen LogP contribution in [0, 0.1) is 0 Å². The van der Waals surface area contributed by atoms with Crippen LogP contribution in [0.4, 0.5) is 8.78 Å². The molecule has 1 aliphatic rings. The van der Waals surface area contributed by atoms with Gasteiger partial charge < -0.3 is 13.9 Å². The van der Waals surface area contributed by atoms with Crippen molar-refractivity contribution < 1.29 is 22.7 Å². The number of hydrogen-bond acceptors (Lipinski definition) is 6. The van der Waals surface area contributed by atoms with Gasteiger partial charge in [0.05, 0.1) is 11.5 Å². The van der Waals surface area contributed by atoms with Crippen molar-refractivity contribution >= 4 is 11.5 Å². The highest BCUT2D eigenvalue weighted by molar-refractivity contribution is 7.02. The van der Waals surface area contributed by atoms with Crippen molar-refractivity contribution in [3.8, 4) is 23.0 Å². The molecule has 0 fully saturated rings. The number of benzene rings is 1. The van der Waals surface area contributed by atoms with Gasteiger partial charge in [-0.25, -0.2) is 4.79 Å². The van der Waals surface area contributed by atoms with Gasteiger partial charge in [0.15, 0.2) is 11.5 Å². The predicted molar refractivity (Wildman–Crippen MR) is 52.3 cm³/mol. The summed E-state index contributed by atoms with van der Waals surface area (Å²) in [6, 6.07) is 4.01. The van der Waals surface area contributed by atoms with Crippen LogP contribution in [-0.4, -0.2) is 10.7 Å². The zero-order valence-electron chi connectivity index (χ0n) is 7.98. The molecule has 1 aromatic heterocycles. The van der Waals surface area contributed by atoms with Gasteiger partial charge in [0.1, 0.15) is 0 Å². The van der Waals surface area contributed by atoms with Gasteiger partial charge in [0.25, 0.3) is 0 Å². The molecule has 5 nitrogen and oxygen atoms in total. The first-order valence-corrected chi connectivity index (χ1v) is 5.18. The summed E-state index contributed by atoms with van der Waals surface area (Å²) in [5, 5.41) is 0. The van der Waals surface area contributed by atoms with Crippen molar-refractivity contribution in [3.63, 3.8) is 0 Å². The van der Waals surface area contributed by atoms with Crippen molar-refractivity contribution in [1.82, 2.24) is 4.37 Å². The minimum Gasteiger partial charge on any atom is -0.395 e. The Kier molecular flexibility index (Phi) is 1.96. The third-order valence-corrected chi connectivity index (χ3v) is 2.52. The molecule has 0 saturated heterocycles. The third-order valence-electron chi connectivity index (χ3n) is 2.03. The number of rotatable bonds is 1. The number of hydrogen-bond donors (Lipinski definition) is 0. The highest BCUT2D eigenvalue weighted by atomic mass is 32.1. The van der Waals surface area contributed by atoms with Crippen molar-refractivity contribution in [2.45, 2.75) is 6.29 Å². The molecule has 3 rings (SSSR count). The van der Waals surface area contributed by atoms with E-state index < -0.39 is 11.2 Å². The van der Waals surface area contributed by atoms with Crippen LogP contribution in [0.2, 0.25) is 0 Å². The van der Waals surface area contributed by atoms with E-state index in [1.54, 1.807) is 0 Å². The Morgan fingerprint density at radius 3 is 2.71 bits per heavy atom. The van der Waals surface area contributed by atoms with Crippen LogP contribution in [0.5, 0.6) is 11.5 Å². The first kappa shape index (κ1) is 10.2. The summed E-state index contributed by atoms with van der Waals surface area (Å²) in [5.41, 5.74) is 0.364. The lowest BCUT2D eigenvalue weighted by molar-refractivity contribution is -0.286. The normalized spacial score (nSPS) is 16.1. The smallest absolute Gasteiger partial charge is 0.395 e. The largest absolute Gasteiger partial charge is 0.586 e. The predicted octanol–water partition coefficient (Wildman–Crippen LogP) is 2.08. The van der Waals surface area contributed by atoms with E-state index in [-0.39, 0.29) is 17.4 Å². The summed E-state index contributed by atoms with van der Waals surface area (Å²) in [5.74, 6) is -0.138. The average Bonchev–Trinajstić information content (AvgIpc) is 2.78. The van der Waals surface area contributed by atoms with E-state index in [0.29, 0.717) is 17.1 Å². The lowest BCUT2D eigenvalue weighted by Crippen LogP contribution is -2.25. The fraction of sp³-hybridized carbons (Fsp3) is 0.111. The topological polar surface area (TPSA) is 61.6 Å². The molecule has 1 aromatic carbocycles. The molecule has 0 aliphatic carbocycles. The number of fused-ring (bicyclic) bond motifs is 1. The summed E-state index contributed by atoms with van der Waals surface area (Å²) in [6.07, 6.45) is -3.66. The van der Waals surface area contributed by atoms with E-state index in [9.17, 15) is 13.6 Å². The molecule has 0 saturated carbocycles. The summed E-state index contributed by atoms with van der Waals surface area (Å²) in [6.45, 7) is 0. The fourth-order valence-electron chi connectivity index (χ4n) is 1.39. The maximum Gasteiger partial charge on any atom is 0.586 e. The van der Waals surface area contributed by atoms with Gasteiger partial charge in [-0.05, 0) is 18.2 Å². The van der Waals surface area contributed by atoms with Gasteiger partial charge in [-0.1, -0.05) is 0 Å². The second-order valence-electron chi connectivity index (χ2n) is 3.17. The number of aromatic nitrogens is 1. The Morgan fingerprint density at radius 1 is 1.24 bits per heavy atom. The molecule has 0 N–H and O–H groups in total. The highest BCUT2D eigenvalue weighted by Gasteiger charge is 2.43. The molecule has 1 aliphatic heterocycles. The van der Waals surface area contributed by atoms with E-state index in [1.165, 1.54) is 18.2 Å². The molecule has 0 bridgehead atoms. The third kappa shape index (κ3) is 1.76. The summed E-state index contributed by atoms with van der Waals surface area (Å²) >= 11 is 0.640. The van der Waals surface area contributed by atoms with Gasteiger partial charge in [0, 0.05) is 5.56 Å². The standard InChI is InChI=1S/C9H3F2NO4S/c10-9(11)15-5-2-1-4(3-6(5)16-9)7-12-17-8(13)14-7/h1-3H. The quantitative estimate of drug-likeness (QED) is 0.784. The van der Waals surface area contributed by atoms with E-state index >= 15 is 0 Å². The number of ether oxygens (including phenoxy) is 2. The Hall–Kier alpha value is -1.96. The fourth-order valence-corrected chi connectivity index (χ4v) is 1.80. The Bertz CT molecular complexity index is 636. The molecule has 0 amide bonds. The van der Waals surface area contributed by atoms with Gasteiger partial charge in [-0.15, -0.1) is 13.2 Å². The van der Waals surface area contributed by atoms with Crippen LogP contribution in [0.1, 0.15) is 0 Å². The second kappa shape index (κ2) is 3.27. The minimum atomic E-state index is -3.66. The molecule has 0 atom stereocenters. The molecule has 2 heterocycles. The first-order valence-electron chi connectivity index (χ1n) is 4.41.